The van der Waals surface area contributed by atoms with Crippen LogP contribution in [0.1, 0.15) is 5.56 Å². The minimum absolute atomic E-state index is 0.891. The Morgan fingerprint density at radius 2 is 1.90 bits per heavy atom. The van der Waals surface area contributed by atoms with Gasteiger partial charge in [-0.3, -0.25) is 9.88 Å². The molecular weight excluding hydrogens is 260 g/mol. The van der Waals surface area contributed by atoms with E-state index < -0.39 is 0 Å². The molecule has 21 heavy (non-hydrogen) atoms. The van der Waals surface area contributed by atoms with E-state index >= 15 is 0 Å². The standard InChI is InChI=1S/C17H24N4/c1-20-10-12-21(13-11-20)9-8-18-14-16-5-2-4-15-6-3-7-19-17(15)16/h2-7,18H,8-14H2,1H3. The summed E-state index contributed by atoms with van der Waals surface area (Å²) in [5.41, 5.74) is 2.40. The number of rotatable bonds is 5. The van der Waals surface area contributed by atoms with Crippen LogP contribution < -0.4 is 5.32 Å². The van der Waals surface area contributed by atoms with Crippen LogP contribution in [0.2, 0.25) is 0 Å². The quantitative estimate of drug-likeness (QED) is 0.845. The first kappa shape index (κ1) is 14.4. The topological polar surface area (TPSA) is 31.4 Å². The van der Waals surface area contributed by atoms with Crippen molar-refractivity contribution in [3.05, 3.63) is 42.1 Å². The second-order valence-electron chi connectivity index (χ2n) is 5.81. The Bertz CT molecular complexity index is 571. The van der Waals surface area contributed by atoms with Gasteiger partial charge in [0.1, 0.15) is 0 Å². The molecule has 0 radical (unpaired) electrons. The second-order valence-corrected chi connectivity index (χ2v) is 5.81. The number of hydrogen-bond donors (Lipinski definition) is 1. The molecule has 1 N–H and O–H groups in total. The molecule has 4 heteroatoms. The molecule has 1 aromatic heterocycles. The largest absolute Gasteiger partial charge is 0.311 e. The molecule has 112 valence electrons. The summed E-state index contributed by atoms with van der Waals surface area (Å²) in [5, 5.41) is 4.78. The molecular formula is C17H24N4. The average Bonchev–Trinajstić information content (AvgIpc) is 2.53. The third-order valence-electron chi connectivity index (χ3n) is 4.23. The highest BCUT2D eigenvalue weighted by Crippen LogP contribution is 2.15. The van der Waals surface area contributed by atoms with Crippen LogP contribution in [-0.4, -0.2) is 61.1 Å². The molecule has 0 saturated carbocycles. The monoisotopic (exact) mass is 284 g/mol. The number of nitrogens with one attached hydrogen (secondary N) is 1. The Kier molecular flexibility index (Phi) is 4.80. The fourth-order valence-electron chi connectivity index (χ4n) is 2.84. The number of fused-ring (bicyclic) bond motifs is 1. The van der Waals surface area contributed by atoms with E-state index in [0.29, 0.717) is 0 Å². The third-order valence-corrected chi connectivity index (χ3v) is 4.23. The molecule has 1 fully saturated rings. The van der Waals surface area contributed by atoms with E-state index in [2.05, 4.69) is 51.4 Å². The summed E-state index contributed by atoms with van der Waals surface area (Å²) in [4.78, 5) is 9.43. The molecule has 2 heterocycles. The van der Waals surface area contributed by atoms with E-state index in [-0.39, 0.29) is 0 Å². The third kappa shape index (κ3) is 3.79. The molecule has 0 spiro atoms. The zero-order valence-electron chi connectivity index (χ0n) is 12.8. The average molecular weight is 284 g/mol. The van der Waals surface area contributed by atoms with Crippen LogP contribution in [0.5, 0.6) is 0 Å². The summed E-state index contributed by atoms with van der Waals surface area (Å²) in [6, 6.07) is 10.5. The number of pyridine rings is 1. The van der Waals surface area contributed by atoms with Crippen molar-refractivity contribution in [2.24, 2.45) is 0 Å². The molecule has 0 bridgehead atoms. The van der Waals surface area contributed by atoms with Crippen molar-refractivity contribution in [2.45, 2.75) is 6.54 Å². The normalized spacial score (nSPS) is 17.4. The smallest absolute Gasteiger partial charge is 0.0746 e. The minimum Gasteiger partial charge on any atom is -0.311 e. The maximum Gasteiger partial charge on any atom is 0.0746 e. The highest BCUT2D eigenvalue weighted by Gasteiger charge is 2.12. The number of nitrogens with zero attached hydrogens (tertiary/aromatic N) is 3. The maximum atomic E-state index is 4.50. The Morgan fingerprint density at radius 3 is 2.76 bits per heavy atom. The van der Waals surface area contributed by atoms with Crippen LogP contribution in [0.15, 0.2) is 36.5 Å². The lowest BCUT2D eigenvalue weighted by Crippen LogP contribution is -2.46. The zero-order chi connectivity index (χ0) is 14.5. The molecule has 1 aliphatic heterocycles. The summed E-state index contributed by atoms with van der Waals surface area (Å²) in [6.07, 6.45) is 1.87. The number of likely N-dealkylation sites (N-methyl/N-ethyl adjacent to an activating group) is 1. The van der Waals surface area contributed by atoms with Crippen molar-refractivity contribution in [1.29, 1.82) is 0 Å². The molecule has 4 nitrogen and oxygen atoms in total. The van der Waals surface area contributed by atoms with E-state index in [1.54, 1.807) is 0 Å². The lowest BCUT2D eigenvalue weighted by Gasteiger charge is -2.32. The van der Waals surface area contributed by atoms with Gasteiger partial charge in [0.2, 0.25) is 0 Å². The summed E-state index contributed by atoms with van der Waals surface area (Å²) < 4.78 is 0. The molecule has 0 unspecified atom stereocenters. The zero-order valence-corrected chi connectivity index (χ0v) is 12.8. The fourth-order valence-corrected chi connectivity index (χ4v) is 2.84. The highest BCUT2D eigenvalue weighted by molar-refractivity contribution is 5.81. The number of benzene rings is 1. The van der Waals surface area contributed by atoms with E-state index in [0.717, 1.165) is 25.2 Å². The molecule has 3 rings (SSSR count). The van der Waals surface area contributed by atoms with Gasteiger partial charge >= 0.3 is 0 Å². The van der Waals surface area contributed by atoms with Crippen molar-refractivity contribution in [3.8, 4) is 0 Å². The SMILES string of the molecule is CN1CCN(CCNCc2cccc3cccnc23)CC1. The Labute approximate surface area is 126 Å². The molecule has 2 aromatic rings. The number of para-hydroxylation sites is 1. The number of hydrogen-bond acceptors (Lipinski definition) is 4. The molecule has 1 saturated heterocycles. The summed E-state index contributed by atoms with van der Waals surface area (Å²) >= 11 is 0. The number of piperazine rings is 1. The minimum atomic E-state index is 0.891. The van der Waals surface area contributed by atoms with Gasteiger partial charge in [0.15, 0.2) is 0 Å². The van der Waals surface area contributed by atoms with Gasteiger partial charge in [0, 0.05) is 57.4 Å². The predicted octanol–water partition coefficient (Wildman–Crippen LogP) is 1.57. The van der Waals surface area contributed by atoms with Crippen molar-refractivity contribution in [3.63, 3.8) is 0 Å². The van der Waals surface area contributed by atoms with Crippen molar-refractivity contribution < 1.29 is 0 Å². The van der Waals surface area contributed by atoms with Crippen LogP contribution in [0, 0.1) is 0 Å². The van der Waals surface area contributed by atoms with Gasteiger partial charge in [0.05, 0.1) is 5.52 Å². The Morgan fingerprint density at radius 1 is 1.10 bits per heavy atom. The summed E-state index contributed by atoms with van der Waals surface area (Å²) in [7, 11) is 2.20. The fraction of sp³-hybridized carbons (Fsp3) is 0.471. The van der Waals surface area contributed by atoms with Gasteiger partial charge in [-0.25, -0.2) is 0 Å². The second kappa shape index (κ2) is 6.98. The van der Waals surface area contributed by atoms with Crippen LogP contribution in [0.3, 0.4) is 0 Å². The van der Waals surface area contributed by atoms with Crippen LogP contribution in [0.25, 0.3) is 10.9 Å². The maximum absolute atomic E-state index is 4.50. The Balaban J connectivity index is 1.48. The highest BCUT2D eigenvalue weighted by atomic mass is 15.2. The summed E-state index contributed by atoms with van der Waals surface area (Å²) in [5.74, 6) is 0. The van der Waals surface area contributed by atoms with Crippen molar-refractivity contribution in [1.82, 2.24) is 20.1 Å². The van der Waals surface area contributed by atoms with E-state index in [1.165, 1.54) is 37.1 Å². The van der Waals surface area contributed by atoms with Crippen LogP contribution in [0.4, 0.5) is 0 Å². The molecule has 0 aliphatic carbocycles. The van der Waals surface area contributed by atoms with Gasteiger partial charge in [-0.05, 0) is 18.7 Å². The molecule has 0 amide bonds. The van der Waals surface area contributed by atoms with Gasteiger partial charge in [-0.2, -0.15) is 0 Å². The molecule has 0 atom stereocenters. The van der Waals surface area contributed by atoms with Crippen LogP contribution in [-0.2, 0) is 6.54 Å². The lowest BCUT2D eigenvalue weighted by molar-refractivity contribution is 0.154. The van der Waals surface area contributed by atoms with Gasteiger partial charge < -0.3 is 10.2 Å². The number of aromatic nitrogens is 1. The van der Waals surface area contributed by atoms with E-state index in [4.69, 9.17) is 0 Å². The predicted molar refractivity (Wildman–Crippen MR) is 87.4 cm³/mol. The molecule has 1 aromatic carbocycles. The van der Waals surface area contributed by atoms with E-state index in [1.807, 2.05) is 12.3 Å². The summed E-state index contributed by atoms with van der Waals surface area (Å²) in [6.45, 7) is 7.81. The Hall–Kier alpha value is -1.49. The first-order valence-electron chi connectivity index (χ1n) is 7.77. The van der Waals surface area contributed by atoms with Crippen molar-refractivity contribution in [2.75, 3.05) is 46.3 Å². The first-order chi connectivity index (χ1) is 10.3. The molecule has 1 aliphatic rings. The van der Waals surface area contributed by atoms with Gasteiger partial charge in [-0.15, -0.1) is 0 Å². The van der Waals surface area contributed by atoms with Gasteiger partial charge in [0.25, 0.3) is 0 Å². The van der Waals surface area contributed by atoms with Crippen molar-refractivity contribution >= 4 is 10.9 Å². The van der Waals surface area contributed by atoms with Gasteiger partial charge in [-0.1, -0.05) is 24.3 Å². The lowest BCUT2D eigenvalue weighted by atomic mass is 10.1. The first-order valence-corrected chi connectivity index (χ1v) is 7.77. The van der Waals surface area contributed by atoms with Crippen LogP contribution >= 0.6 is 0 Å². The van der Waals surface area contributed by atoms with E-state index in [9.17, 15) is 0 Å².